The molecule has 3 N–H and O–H groups in total. The zero-order chi connectivity index (χ0) is 17.7. The van der Waals surface area contributed by atoms with Gasteiger partial charge in [0, 0.05) is 17.5 Å². The molecule has 1 aromatic carbocycles. The molecule has 4 aromatic rings. The number of para-hydroxylation sites is 2. The number of aryl methyl sites for hydroxylation is 1. The molecule has 1 aliphatic carbocycles. The molecule has 0 saturated carbocycles. The van der Waals surface area contributed by atoms with Crippen LogP contribution in [0, 0.1) is 5.92 Å². The Morgan fingerprint density at radius 3 is 2.92 bits per heavy atom. The highest BCUT2D eigenvalue weighted by atomic mass is 16.1. The van der Waals surface area contributed by atoms with E-state index in [0.717, 1.165) is 41.4 Å². The van der Waals surface area contributed by atoms with E-state index in [2.05, 4.69) is 21.6 Å². The number of benzene rings is 1. The summed E-state index contributed by atoms with van der Waals surface area (Å²) in [5.74, 6) is 0.457. The van der Waals surface area contributed by atoms with E-state index >= 15 is 0 Å². The van der Waals surface area contributed by atoms with E-state index < -0.39 is 0 Å². The Morgan fingerprint density at radius 2 is 2.04 bits per heavy atom. The number of aromatic nitrogens is 3. The monoisotopic (exact) mass is 344 g/mol. The summed E-state index contributed by atoms with van der Waals surface area (Å²) in [6.45, 7) is 0.673. The molecule has 0 amide bonds. The summed E-state index contributed by atoms with van der Waals surface area (Å²) in [6, 6.07) is 13.8. The van der Waals surface area contributed by atoms with Crippen LogP contribution in [0.4, 0.5) is 0 Å². The number of nitrogens with zero attached hydrogens (tertiary/aromatic N) is 2. The van der Waals surface area contributed by atoms with Crippen LogP contribution in [0.3, 0.4) is 0 Å². The number of hydrogen-bond acceptors (Lipinski definition) is 3. The number of pyridine rings is 1. The molecule has 0 radical (unpaired) electrons. The summed E-state index contributed by atoms with van der Waals surface area (Å²) in [6.07, 6.45) is 5.05. The van der Waals surface area contributed by atoms with Crippen molar-refractivity contribution in [3.63, 3.8) is 0 Å². The lowest BCUT2D eigenvalue weighted by Crippen LogP contribution is -2.23. The molecular formula is C21H20N4O. The second-order valence-electron chi connectivity index (χ2n) is 7.03. The molecule has 5 rings (SSSR count). The second-order valence-corrected chi connectivity index (χ2v) is 7.03. The van der Waals surface area contributed by atoms with E-state index in [4.69, 9.17) is 10.7 Å². The van der Waals surface area contributed by atoms with Crippen LogP contribution in [-0.4, -0.2) is 20.9 Å². The smallest absolute Gasteiger partial charge is 0.275 e. The first-order valence-corrected chi connectivity index (χ1v) is 9.06. The van der Waals surface area contributed by atoms with E-state index in [-0.39, 0.29) is 5.56 Å². The van der Waals surface area contributed by atoms with Gasteiger partial charge in [-0.3, -0.25) is 4.79 Å². The Hall–Kier alpha value is -2.92. The maximum absolute atomic E-state index is 12.9. The van der Waals surface area contributed by atoms with Crippen LogP contribution >= 0.6 is 0 Å². The second kappa shape index (κ2) is 5.81. The first kappa shape index (κ1) is 15.3. The van der Waals surface area contributed by atoms with Gasteiger partial charge in [0.1, 0.15) is 5.69 Å². The van der Waals surface area contributed by atoms with Gasteiger partial charge < -0.3 is 15.1 Å². The van der Waals surface area contributed by atoms with Crippen LogP contribution in [0.2, 0.25) is 0 Å². The summed E-state index contributed by atoms with van der Waals surface area (Å²) in [7, 11) is 0. The lowest BCUT2D eigenvalue weighted by molar-refractivity contribution is 0.464. The number of fused-ring (bicyclic) bond motifs is 4. The maximum Gasteiger partial charge on any atom is 0.275 e. The molecule has 26 heavy (non-hydrogen) atoms. The minimum Gasteiger partial charge on any atom is -0.330 e. The van der Waals surface area contributed by atoms with Crippen molar-refractivity contribution in [2.75, 3.05) is 6.54 Å². The SMILES string of the molecule is NCC1CCc2c(c(-c3nc4ccccc4[nH]c3=O)c3ccccn23)C1. The third kappa shape index (κ3) is 2.21. The summed E-state index contributed by atoms with van der Waals surface area (Å²) in [5.41, 5.74) is 12.4. The van der Waals surface area contributed by atoms with Crippen molar-refractivity contribution in [3.8, 4) is 11.3 Å². The van der Waals surface area contributed by atoms with E-state index in [1.807, 2.05) is 36.4 Å². The van der Waals surface area contributed by atoms with Crippen molar-refractivity contribution in [2.24, 2.45) is 11.7 Å². The van der Waals surface area contributed by atoms with Crippen molar-refractivity contribution < 1.29 is 0 Å². The number of rotatable bonds is 2. The molecule has 1 aliphatic rings. The first-order valence-electron chi connectivity index (χ1n) is 9.06. The average Bonchev–Trinajstić information content (AvgIpc) is 3.01. The summed E-state index contributed by atoms with van der Waals surface area (Å²) < 4.78 is 2.22. The fraction of sp³-hybridized carbons (Fsp3) is 0.238. The Labute approximate surface area is 150 Å². The molecule has 0 fully saturated rings. The molecule has 0 spiro atoms. The number of hydrogen-bond donors (Lipinski definition) is 2. The van der Waals surface area contributed by atoms with Crippen molar-refractivity contribution in [2.45, 2.75) is 19.3 Å². The van der Waals surface area contributed by atoms with Crippen molar-refractivity contribution in [1.82, 2.24) is 14.4 Å². The van der Waals surface area contributed by atoms with Crippen LogP contribution in [0.1, 0.15) is 17.7 Å². The van der Waals surface area contributed by atoms with Gasteiger partial charge in [0.15, 0.2) is 0 Å². The van der Waals surface area contributed by atoms with Crippen LogP contribution in [0.25, 0.3) is 27.8 Å². The number of aromatic amines is 1. The molecule has 0 aliphatic heterocycles. The van der Waals surface area contributed by atoms with Gasteiger partial charge in [-0.15, -0.1) is 0 Å². The van der Waals surface area contributed by atoms with Gasteiger partial charge in [-0.05, 0) is 61.6 Å². The van der Waals surface area contributed by atoms with E-state index in [1.54, 1.807) is 0 Å². The van der Waals surface area contributed by atoms with E-state index in [0.29, 0.717) is 18.2 Å². The van der Waals surface area contributed by atoms with Gasteiger partial charge in [0.25, 0.3) is 5.56 Å². The highest BCUT2D eigenvalue weighted by molar-refractivity contribution is 5.86. The zero-order valence-electron chi connectivity index (χ0n) is 14.4. The van der Waals surface area contributed by atoms with Crippen LogP contribution in [-0.2, 0) is 12.8 Å². The third-order valence-corrected chi connectivity index (χ3v) is 5.51. The fourth-order valence-electron chi connectivity index (χ4n) is 4.21. The molecule has 5 nitrogen and oxygen atoms in total. The zero-order valence-corrected chi connectivity index (χ0v) is 14.4. The molecule has 3 heterocycles. The quantitative estimate of drug-likeness (QED) is 0.587. The molecule has 5 heteroatoms. The van der Waals surface area contributed by atoms with Gasteiger partial charge in [-0.1, -0.05) is 18.2 Å². The molecular weight excluding hydrogens is 324 g/mol. The predicted molar refractivity (Wildman–Crippen MR) is 103 cm³/mol. The van der Waals surface area contributed by atoms with Crippen molar-refractivity contribution in [3.05, 3.63) is 70.3 Å². The van der Waals surface area contributed by atoms with Gasteiger partial charge in [-0.2, -0.15) is 0 Å². The summed E-state index contributed by atoms with van der Waals surface area (Å²) in [5, 5.41) is 0. The van der Waals surface area contributed by atoms with Gasteiger partial charge in [0.05, 0.1) is 16.6 Å². The molecule has 1 atom stereocenters. The maximum atomic E-state index is 12.9. The topological polar surface area (TPSA) is 76.2 Å². The Morgan fingerprint density at radius 1 is 1.19 bits per heavy atom. The Balaban J connectivity index is 1.85. The molecule has 3 aromatic heterocycles. The molecule has 130 valence electrons. The first-order chi connectivity index (χ1) is 12.8. The highest BCUT2D eigenvalue weighted by Crippen LogP contribution is 2.37. The lowest BCUT2D eigenvalue weighted by Gasteiger charge is -2.22. The van der Waals surface area contributed by atoms with E-state index in [9.17, 15) is 4.79 Å². The minimum atomic E-state index is -0.141. The average molecular weight is 344 g/mol. The Bertz CT molecular complexity index is 1190. The number of nitrogens with two attached hydrogens (primary N) is 1. The standard InChI is InChI=1S/C21H20N4O/c22-12-13-8-9-17-14(11-13)19(18-7-3-4-10-25(17)18)20-21(26)24-16-6-2-1-5-15(16)23-20/h1-7,10,13H,8-9,11-12,22H2,(H,24,26). The molecule has 0 bridgehead atoms. The Kier molecular flexibility index (Phi) is 3.43. The van der Waals surface area contributed by atoms with Crippen LogP contribution < -0.4 is 11.3 Å². The van der Waals surface area contributed by atoms with Crippen molar-refractivity contribution in [1.29, 1.82) is 0 Å². The summed E-state index contributed by atoms with van der Waals surface area (Å²) >= 11 is 0. The predicted octanol–water partition coefficient (Wildman–Crippen LogP) is 2.91. The number of H-pyrrole nitrogens is 1. The fourth-order valence-corrected chi connectivity index (χ4v) is 4.21. The lowest BCUT2D eigenvalue weighted by atomic mass is 9.85. The largest absolute Gasteiger partial charge is 0.330 e. The molecule has 1 unspecified atom stereocenters. The van der Waals surface area contributed by atoms with Crippen LogP contribution in [0.15, 0.2) is 53.5 Å². The van der Waals surface area contributed by atoms with Crippen LogP contribution in [0.5, 0.6) is 0 Å². The minimum absolute atomic E-state index is 0.141. The molecule has 0 saturated heterocycles. The van der Waals surface area contributed by atoms with Crippen molar-refractivity contribution >= 4 is 16.6 Å². The van der Waals surface area contributed by atoms with E-state index in [1.165, 1.54) is 11.3 Å². The van der Waals surface area contributed by atoms with Gasteiger partial charge >= 0.3 is 0 Å². The summed E-state index contributed by atoms with van der Waals surface area (Å²) in [4.78, 5) is 20.6. The third-order valence-electron chi connectivity index (χ3n) is 5.51. The normalized spacial score (nSPS) is 16.9. The van der Waals surface area contributed by atoms with Gasteiger partial charge in [-0.25, -0.2) is 4.98 Å². The number of nitrogens with one attached hydrogen (secondary N) is 1. The highest BCUT2D eigenvalue weighted by Gasteiger charge is 2.27. The van der Waals surface area contributed by atoms with Gasteiger partial charge in [0.2, 0.25) is 0 Å².